The Hall–Kier alpha value is -3.06. The second-order valence-corrected chi connectivity index (χ2v) is 7.65. The topological polar surface area (TPSA) is 79.8 Å². The van der Waals surface area contributed by atoms with Gasteiger partial charge in [-0.3, -0.25) is 14.2 Å². The number of para-hydroxylation sites is 2. The molecule has 0 atom stereocenters. The largest absolute Gasteiger partial charge is 0.361 e. The number of fused-ring (bicyclic) bond motifs is 2. The molecule has 4 rings (SSSR count). The summed E-state index contributed by atoms with van der Waals surface area (Å²) in [5, 5.41) is 5.31. The van der Waals surface area contributed by atoms with Crippen LogP contribution >= 0.6 is 11.8 Å². The Morgan fingerprint density at radius 1 is 1.14 bits per heavy atom. The van der Waals surface area contributed by atoms with Crippen molar-refractivity contribution in [3.63, 3.8) is 0 Å². The summed E-state index contributed by atoms with van der Waals surface area (Å²) in [6.45, 7) is 2.98. The third-order valence-electron chi connectivity index (χ3n) is 4.87. The van der Waals surface area contributed by atoms with Crippen molar-refractivity contribution in [1.29, 1.82) is 0 Å². The molecule has 2 N–H and O–H groups in total. The van der Waals surface area contributed by atoms with Crippen LogP contribution in [-0.4, -0.2) is 32.7 Å². The Morgan fingerprint density at radius 2 is 1.90 bits per heavy atom. The van der Waals surface area contributed by atoms with Gasteiger partial charge in [-0.25, -0.2) is 4.98 Å². The number of thioether (sulfide) groups is 1. The molecule has 6 nitrogen and oxygen atoms in total. The van der Waals surface area contributed by atoms with E-state index in [4.69, 9.17) is 0 Å². The molecule has 0 fully saturated rings. The fourth-order valence-corrected chi connectivity index (χ4v) is 4.29. The number of carbonyl (C=O) groups excluding carboxylic acids is 1. The number of nitrogens with one attached hydrogen (secondary N) is 2. The molecule has 0 unspecified atom stereocenters. The summed E-state index contributed by atoms with van der Waals surface area (Å²) in [4.78, 5) is 32.8. The van der Waals surface area contributed by atoms with Gasteiger partial charge in [0.15, 0.2) is 5.16 Å². The highest BCUT2D eigenvalue weighted by molar-refractivity contribution is 7.99. The molecular formula is C22H22N4O2S. The van der Waals surface area contributed by atoms with Crippen LogP contribution in [0.3, 0.4) is 0 Å². The lowest BCUT2D eigenvalue weighted by Crippen LogP contribution is -2.28. The quantitative estimate of drug-likeness (QED) is 0.364. The van der Waals surface area contributed by atoms with Gasteiger partial charge < -0.3 is 10.3 Å². The highest BCUT2D eigenvalue weighted by Gasteiger charge is 2.12. The van der Waals surface area contributed by atoms with Gasteiger partial charge in [0.2, 0.25) is 5.91 Å². The number of hydrogen-bond acceptors (Lipinski definition) is 4. The van der Waals surface area contributed by atoms with Gasteiger partial charge in [0, 0.05) is 30.2 Å². The summed E-state index contributed by atoms with van der Waals surface area (Å²) in [5.74, 6) is 0.151. The first-order valence-electron chi connectivity index (χ1n) is 9.61. The first kappa shape index (κ1) is 19.3. The van der Waals surface area contributed by atoms with Crippen molar-refractivity contribution in [1.82, 2.24) is 19.9 Å². The predicted octanol–water partition coefficient (Wildman–Crippen LogP) is 3.35. The van der Waals surface area contributed by atoms with Crippen molar-refractivity contribution in [2.45, 2.75) is 25.0 Å². The molecule has 0 saturated heterocycles. The number of nitrogens with zero attached hydrogens (tertiary/aromatic N) is 2. The first-order chi connectivity index (χ1) is 14.2. The Kier molecular flexibility index (Phi) is 5.67. The van der Waals surface area contributed by atoms with Crippen molar-refractivity contribution < 1.29 is 4.79 Å². The van der Waals surface area contributed by atoms with Crippen LogP contribution < -0.4 is 10.9 Å². The van der Waals surface area contributed by atoms with Crippen LogP contribution in [0.15, 0.2) is 64.7 Å². The summed E-state index contributed by atoms with van der Waals surface area (Å²) in [7, 11) is 0. The number of benzene rings is 2. The summed E-state index contributed by atoms with van der Waals surface area (Å²) in [5.41, 5.74) is 2.87. The van der Waals surface area contributed by atoms with Gasteiger partial charge in [-0.15, -0.1) is 0 Å². The van der Waals surface area contributed by atoms with E-state index in [2.05, 4.69) is 21.4 Å². The Bertz CT molecular complexity index is 1230. The lowest BCUT2D eigenvalue weighted by atomic mass is 10.1. The number of rotatable bonds is 7. The fourth-order valence-electron chi connectivity index (χ4n) is 3.39. The van der Waals surface area contributed by atoms with Crippen molar-refractivity contribution in [2.24, 2.45) is 0 Å². The molecule has 4 aromatic rings. The summed E-state index contributed by atoms with van der Waals surface area (Å²) < 4.78 is 1.62. The molecule has 0 spiro atoms. The molecule has 2 aromatic carbocycles. The molecule has 29 heavy (non-hydrogen) atoms. The molecule has 2 heterocycles. The SMILES string of the molecule is CCn1c(SCC(=O)NCCc2c[nH]c3ccccc23)nc2ccccc2c1=O. The second-order valence-electron chi connectivity index (χ2n) is 6.71. The molecule has 0 aliphatic rings. The molecule has 0 saturated carbocycles. The lowest BCUT2D eigenvalue weighted by Gasteiger charge is -2.11. The Morgan fingerprint density at radius 3 is 2.72 bits per heavy atom. The van der Waals surface area contributed by atoms with Gasteiger partial charge >= 0.3 is 0 Å². The van der Waals surface area contributed by atoms with E-state index in [1.165, 1.54) is 22.7 Å². The van der Waals surface area contributed by atoms with Crippen molar-refractivity contribution in [3.8, 4) is 0 Å². The van der Waals surface area contributed by atoms with Gasteiger partial charge in [-0.05, 0) is 37.1 Å². The summed E-state index contributed by atoms with van der Waals surface area (Å²) in [6.07, 6.45) is 2.75. The maximum Gasteiger partial charge on any atom is 0.262 e. The van der Waals surface area contributed by atoms with E-state index in [1.54, 1.807) is 10.6 Å². The van der Waals surface area contributed by atoms with E-state index in [0.29, 0.717) is 29.1 Å². The highest BCUT2D eigenvalue weighted by atomic mass is 32.2. The average Bonchev–Trinajstić information content (AvgIpc) is 3.16. The third-order valence-corrected chi connectivity index (χ3v) is 5.84. The van der Waals surface area contributed by atoms with Crippen LogP contribution in [0.4, 0.5) is 0 Å². The zero-order valence-electron chi connectivity index (χ0n) is 16.1. The smallest absolute Gasteiger partial charge is 0.262 e. The Balaban J connectivity index is 1.38. The molecular weight excluding hydrogens is 384 g/mol. The van der Waals surface area contributed by atoms with Gasteiger partial charge in [0.05, 0.1) is 16.7 Å². The van der Waals surface area contributed by atoms with Crippen LogP contribution in [0.5, 0.6) is 0 Å². The lowest BCUT2D eigenvalue weighted by molar-refractivity contribution is -0.118. The van der Waals surface area contributed by atoms with Crippen LogP contribution in [0.1, 0.15) is 12.5 Å². The molecule has 1 amide bonds. The minimum atomic E-state index is -0.0695. The zero-order valence-corrected chi connectivity index (χ0v) is 17.0. The maximum atomic E-state index is 12.6. The molecule has 7 heteroatoms. The van der Waals surface area contributed by atoms with Crippen LogP contribution in [-0.2, 0) is 17.8 Å². The monoisotopic (exact) mass is 406 g/mol. The predicted molar refractivity (Wildman–Crippen MR) is 117 cm³/mol. The van der Waals surface area contributed by atoms with E-state index in [-0.39, 0.29) is 17.2 Å². The van der Waals surface area contributed by atoms with Gasteiger partial charge in [-0.2, -0.15) is 0 Å². The standard InChI is InChI=1S/C22H22N4O2S/c1-2-26-21(28)17-8-4-6-10-19(17)25-22(26)29-14-20(27)23-12-11-15-13-24-18-9-5-3-7-16(15)18/h3-10,13,24H,2,11-12,14H2,1H3,(H,23,27). The number of carbonyl (C=O) groups is 1. The van der Waals surface area contributed by atoms with E-state index in [9.17, 15) is 9.59 Å². The number of aromatic nitrogens is 3. The van der Waals surface area contributed by atoms with Crippen LogP contribution in [0.25, 0.3) is 21.8 Å². The fraction of sp³-hybridized carbons (Fsp3) is 0.227. The summed E-state index contributed by atoms with van der Waals surface area (Å²) >= 11 is 1.29. The number of aromatic amines is 1. The van der Waals surface area contributed by atoms with Crippen molar-refractivity contribution in [3.05, 3.63) is 70.6 Å². The molecule has 0 aliphatic carbocycles. The van der Waals surface area contributed by atoms with Crippen LogP contribution in [0, 0.1) is 0 Å². The summed E-state index contributed by atoms with van der Waals surface area (Å²) in [6, 6.07) is 15.4. The van der Waals surface area contributed by atoms with Gasteiger partial charge in [0.1, 0.15) is 0 Å². The second kappa shape index (κ2) is 8.53. The molecule has 0 bridgehead atoms. The van der Waals surface area contributed by atoms with Crippen LogP contribution in [0.2, 0.25) is 0 Å². The maximum absolute atomic E-state index is 12.6. The number of amides is 1. The van der Waals surface area contributed by atoms with E-state index < -0.39 is 0 Å². The van der Waals surface area contributed by atoms with E-state index in [1.807, 2.05) is 49.5 Å². The number of H-pyrrole nitrogens is 1. The third kappa shape index (κ3) is 4.05. The normalized spacial score (nSPS) is 11.2. The first-order valence-corrected chi connectivity index (χ1v) is 10.6. The van der Waals surface area contributed by atoms with Gasteiger partial charge in [-0.1, -0.05) is 42.1 Å². The minimum Gasteiger partial charge on any atom is -0.361 e. The molecule has 148 valence electrons. The van der Waals surface area contributed by atoms with E-state index in [0.717, 1.165) is 11.9 Å². The molecule has 2 aromatic heterocycles. The van der Waals surface area contributed by atoms with Crippen molar-refractivity contribution >= 4 is 39.5 Å². The Labute approximate surface area is 172 Å². The zero-order chi connectivity index (χ0) is 20.2. The molecule has 0 aliphatic heterocycles. The molecule has 0 radical (unpaired) electrons. The highest BCUT2D eigenvalue weighted by Crippen LogP contribution is 2.19. The minimum absolute atomic E-state index is 0.0691. The number of hydrogen-bond donors (Lipinski definition) is 2. The average molecular weight is 407 g/mol. The van der Waals surface area contributed by atoms with Crippen molar-refractivity contribution in [2.75, 3.05) is 12.3 Å². The van der Waals surface area contributed by atoms with Gasteiger partial charge in [0.25, 0.3) is 5.56 Å². The van der Waals surface area contributed by atoms with E-state index >= 15 is 0 Å².